The summed E-state index contributed by atoms with van der Waals surface area (Å²) in [4.78, 5) is 25.4. The second-order valence-electron chi connectivity index (χ2n) is 10.9. The average molecular weight is 538 g/mol. The molecule has 1 amide bonds. The van der Waals surface area contributed by atoms with Gasteiger partial charge >= 0.3 is 5.97 Å². The largest absolute Gasteiger partial charge is 0.493 e. The summed E-state index contributed by atoms with van der Waals surface area (Å²) in [6.07, 6.45) is 16.0. The zero-order valence-electron chi connectivity index (χ0n) is 25.2. The van der Waals surface area contributed by atoms with E-state index in [2.05, 4.69) is 32.9 Å². The summed E-state index contributed by atoms with van der Waals surface area (Å²) in [5.41, 5.74) is 4.88. The third kappa shape index (κ3) is 12.7. The van der Waals surface area contributed by atoms with Gasteiger partial charge in [0.2, 0.25) is 5.91 Å². The van der Waals surface area contributed by atoms with Crippen LogP contribution in [0, 0.1) is 13.8 Å². The lowest BCUT2D eigenvalue weighted by molar-refractivity contribution is -0.142. The minimum absolute atomic E-state index is 0.0396. The zero-order valence-corrected chi connectivity index (χ0v) is 25.2. The van der Waals surface area contributed by atoms with Crippen molar-refractivity contribution in [3.63, 3.8) is 0 Å². The van der Waals surface area contributed by atoms with Crippen molar-refractivity contribution < 1.29 is 19.1 Å². The number of unbranched alkanes of at least 4 members (excludes halogenated alkanes) is 11. The molecule has 0 unspecified atom stereocenters. The maximum atomic E-state index is 12.5. The van der Waals surface area contributed by atoms with Crippen LogP contribution in [0.3, 0.4) is 0 Å². The highest BCUT2D eigenvalue weighted by Crippen LogP contribution is 2.27. The van der Waals surface area contributed by atoms with Gasteiger partial charge in [0.25, 0.3) is 0 Å². The van der Waals surface area contributed by atoms with Crippen molar-refractivity contribution in [2.45, 2.75) is 125 Å². The predicted octanol–water partition coefficient (Wildman–Crippen LogP) is 9.00. The molecule has 0 aliphatic carbocycles. The Morgan fingerprint density at radius 1 is 0.744 bits per heavy atom. The minimum Gasteiger partial charge on any atom is -0.493 e. The van der Waals surface area contributed by atoms with Crippen molar-refractivity contribution in [2.75, 3.05) is 11.5 Å². The molecule has 5 heteroatoms. The fourth-order valence-corrected chi connectivity index (χ4v) is 5.04. The van der Waals surface area contributed by atoms with Crippen LogP contribution in [0.1, 0.15) is 120 Å². The van der Waals surface area contributed by atoms with Crippen molar-refractivity contribution in [2.24, 2.45) is 0 Å². The van der Waals surface area contributed by atoms with Gasteiger partial charge in [-0.2, -0.15) is 0 Å². The third-order valence-electron chi connectivity index (χ3n) is 7.15. The van der Waals surface area contributed by atoms with E-state index in [1.807, 2.05) is 24.3 Å². The number of aryl methyl sites for hydroxylation is 2. The molecule has 0 N–H and O–H groups in total. The number of carbonyl (C=O) groups is 2. The smallest absolute Gasteiger partial charge is 0.302 e. The van der Waals surface area contributed by atoms with Gasteiger partial charge in [-0.1, -0.05) is 102 Å². The second-order valence-corrected chi connectivity index (χ2v) is 10.9. The number of benzene rings is 2. The average Bonchev–Trinajstić information content (AvgIpc) is 2.90. The highest BCUT2D eigenvalue weighted by molar-refractivity contribution is 5.91. The molecule has 0 atom stereocenters. The Morgan fingerprint density at radius 2 is 1.31 bits per heavy atom. The normalized spacial score (nSPS) is 10.9. The van der Waals surface area contributed by atoms with Crippen molar-refractivity contribution in [1.29, 1.82) is 0 Å². The molecule has 0 radical (unpaired) electrons. The van der Waals surface area contributed by atoms with Gasteiger partial charge < -0.3 is 14.4 Å². The molecule has 0 heterocycles. The maximum Gasteiger partial charge on any atom is 0.302 e. The Kier molecular flexibility index (Phi) is 15.3. The van der Waals surface area contributed by atoms with Gasteiger partial charge in [-0.15, -0.1) is 0 Å². The first-order valence-electron chi connectivity index (χ1n) is 15.0. The first-order valence-corrected chi connectivity index (χ1v) is 15.0. The van der Waals surface area contributed by atoms with Crippen LogP contribution >= 0.6 is 0 Å². The molecule has 0 bridgehead atoms. The van der Waals surface area contributed by atoms with Crippen molar-refractivity contribution >= 4 is 17.6 Å². The van der Waals surface area contributed by atoms with E-state index in [-0.39, 0.29) is 18.5 Å². The van der Waals surface area contributed by atoms with E-state index in [0.29, 0.717) is 6.54 Å². The van der Waals surface area contributed by atoms with Crippen LogP contribution < -0.4 is 9.64 Å². The molecule has 0 spiro atoms. The van der Waals surface area contributed by atoms with Gasteiger partial charge in [0.15, 0.2) is 0 Å². The van der Waals surface area contributed by atoms with Crippen molar-refractivity contribution in [3.8, 4) is 5.75 Å². The summed E-state index contributed by atoms with van der Waals surface area (Å²) < 4.78 is 11.3. The van der Waals surface area contributed by atoms with Gasteiger partial charge in [-0.05, 0) is 54.7 Å². The molecule has 2 aromatic rings. The maximum absolute atomic E-state index is 12.5. The van der Waals surface area contributed by atoms with Gasteiger partial charge in [0.1, 0.15) is 12.4 Å². The van der Waals surface area contributed by atoms with E-state index in [1.54, 1.807) is 11.8 Å². The number of carbonyl (C=O) groups excluding carboxylic acids is 2. The second kappa shape index (κ2) is 18.5. The molecule has 5 nitrogen and oxygen atoms in total. The monoisotopic (exact) mass is 537 g/mol. The molecule has 0 aliphatic heterocycles. The summed E-state index contributed by atoms with van der Waals surface area (Å²) in [5.74, 6) is 0.595. The molecule has 0 saturated heterocycles. The number of amides is 1. The number of rotatable bonds is 19. The van der Waals surface area contributed by atoms with E-state index >= 15 is 0 Å². The molecule has 0 fully saturated rings. The number of nitrogens with zero attached hydrogens (tertiary/aromatic N) is 1. The molecular weight excluding hydrogens is 486 g/mol. The Balaban J connectivity index is 1.79. The standard InChI is InChI=1S/C34H51NO4/c1-6-7-8-9-10-11-12-13-14-15-16-17-21-38-34-27(2)22-32(23-28(34)3)25-35(29(4)36)33-20-18-19-31(24-33)26-39-30(5)37/h18-20,22-24H,6-17,21,25-26H2,1-5H3. The van der Waals surface area contributed by atoms with Crippen LogP contribution in [0.15, 0.2) is 36.4 Å². The van der Waals surface area contributed by atoms with Crippen molar-refractivity contribution in [3.05, 3.63) is 58.7 Å². The Labute approximate surface area is 237 Å². The Bertz CT molecular complexity index is 993. The number of ether oxygens (including phenoxy) is 2. The molecule has 2 aromatic carbocycles. The van der Waals surface area contributed by atoms with Gasteiger partial charge in [-0.3, -0.25) is 9.59 Å². The lowest BCUT2D eigenvalue weighted by Gasteiger charge is -2.23. The van der Waals surface area contributed by atoms with Gasteiger partial charge in [0.05, 0.1) is 13.2 Å². The van der Waals surface area contributed by atoms with E-state index in [4.69, 9.17) is 9.47 Å². The topological polar surface area (TPSA) is 55.8 Å². The molecular formula is C34H51NO4. The van der Waals surface area contributed by atoms with Gasteiger partial charge in [0, 0.05) is 19.5 Å². The number of anilines is 1. The summed E-state index contributed by atoms with van der Waals surface area (Å²) in [7, 11) is 0. The minimum atomic E-state index is -0.323. The number of hydrogen-bond acceptors (Lipinski definition) is 4. The lowest BCUT2D eigenvalue weighted by Crippen LogP contribution is -2.28. The lowest BCUT2D eigenvalue weighted by atomic mass is 10.0. The highest BCUT2D eigenvalue weighted by atomic mass is 16.5. The van der Waals surface area contributed by atoms with Crippen LogP contribution in [0.5, 0.6) is 5.75 Å². The first-order chi connectivity index (χ1) is 18.8. The van der Waals surface area contributed by atoms with Crippen LogP contribution in [-0.4, -0.2) is 18.5 Å². The Morgan fingerprint density at radius 3 is 1.85 bits per heavy atom. The van der Waals surface area contributed by atoms with Gasteiger partial charge in [-0.25, -0.2) is 0 Å². The molecule has 39 heavy (non-hydrogen) atoms. The Hall–Kier alpha value is -2.82. The highest BCUT2D eigenvalue weighted by Gasteiger charge is 2.15. The van der Waals surface area contributed by atoms with Crippen LogP contribution in [0.2, 0.25) is 0 Å². The van der Waals surface area contributed by atoms with Crippen molar-refractivity contribution in [1.82, 2.24) is 0 Å². The molecule has 0 aliphatic rings. The number of esters is 1. The molecule has 216 valence electrons. The quantitative estimate of drug-likeness (QED) is 0.132. The van der Waals surface area contributed by atoms with Crippen LogP contribution in [-0.2, 0) is 27.5 Å². The molecule has 2 rings (SSSR count). The summed E-state index contributed by atoms with van der Waals surface area (Å²) in [5, 5.41) is 0. The van der Waals surface area contributed by atoms with E-state index in [1.165, 1.54) is 77.6 Å². The fraction of sp³-hybridized carbons (Fsp3) is 0.588. The summed E-state index contributed by atoms with van der Waals surface area (Å²) in [6.45, 7) is 10.8. The molecule has 0 saturated carbocycles. The van der Waals surface area contributed by atoms with Crippen LogP contribution in [0.4, 0.5) is 5.69 Å². The summed E-state index contributed by atoms with van der Waals surface area (Å²) in [6, 6.07) is 11.8. The summed E-state index contributed by atoms with van der Waals surface area (Å²) >= 11 is 0. The van der Waals surface area contributed by atoms with Crippen LogP contribution in [0.25, 0.3) is 0 Å². The third-order valence-corrected chi connectivity index (χ3v) is 7.15. The predicted molar refractivity (Wildman–Crippen MR) is 161 cm³/mol. The van der Waals surface area contributed by atoms with E-state index in [9.17, 15) is 9.59 Å². The van der Waals surface area contributed by atoms with E-state index in [0.717, 1.165) is 46.7 Å². The number of hydrogen-bond donors (Lipinski definition) is 0. The SMILES string of the molecule is CCCCCCCCCCCCCCOc1c(C)cc(CN(C(C)=O)c2cccc(COC(C)=O)c2)cc1C. The molecule has 0 aromatic heterocycles. The van der Waals surface area contributed by atoms with E-state index < -0.39 is 0 Å². The fourth-order valence-electron chi connectivity index (χ4n) is 5.04. The zero-order chi connectivity index (χ0) is 28.5. The first kappa shape index (κ1) is 32.4.